The van der Waals surface area contributed by atoms with Gasteiger partial charge in [-0.15, -0.1) is 5.10 Å². The second-order valence-electron chi connectivity index (χ2n) is 19.1. The van der Waals surface area contributed by atoms with Gasteiger partial charge in [-0.25, -0.2) is 0 Å². The van der Waals surface area contributed by atoms with Crippen LogP contribution in [0, 0.1) is 0 Å². The number of nitrogens with zero attached hydrogens (tertiary/aromatic N) is 5. The Bertz CT molecular complexity index is 3390. The van der Waals surface area contributed by atoms with Crippen molar-refractivity contribution in [3.05, 3.63) is 151 Å². The Labute approximate surface area is 365 Å². The van der Waals surface area contributed by atoms with Crippen molar-refractivity contribution in [1.29, 1.82) is 0 Å². The van der Waals surface area contributed by atoms with Gasteiger partial charge < -0.3 is 9.15 Å². The number of hydrogen-bond acceptors (Lipinski definition) is 7. The number of aromatic nitrogens is 4. The lowest BCUT2D eigenvalue weighted by molar-refractivity contribution is 0.332. The lowest BCUT2D eigenvalue weighted by atomic mass is 9.32. The topological polar surface area (TPSA) is 89.5 Å². The number of H-pyrrole nitrogens is 2. The predicted octanol–water partition coefficient (Wildman–Crippen LogP) is 8.72. The van der Waals surface area contributed by atoms with E-state index in [-0.39, 0.29) is 24.3 Å². The Morgan fingerprint density at radius 1 is 0.556 bits per heavy atom. The lowest BCUT2D eigenvalue weighted by Crippen LogP contribution is -2.64. The molecule has 6 aromatic carbocycles. The molecule has 9 nitrogen and oxygen atoms in total. The van der Waals surface area contributed by atoms with Crippen molar-refractivity contribution in [3.63, 3.8) is 0 Å². The molecule has 63 heavy (non-hydrogen) atoms. The fraction of sp³-hybridized carbons (Fsp3) is 0.154. The Morgan fingerprint density at radius 3 is 1.95 bits per heavy atom. The molecule has 0 fully saturated rings. The molecule has 0 amide bonds. The summed E-state index contributed by atoms with van der Waals surface area (Å²) in [5.74, 6) is 4.13. The molecular weight excluding hydrogens is 776 g/mol. The van der Waals surface area contributed by atoms with E-state index < -0.39 is 0 Å². The van der Waals surface area contributed by atoms with Crippen LogP contribution in [-0.2, 0) is 10.8 Å². The molecule has 0 radical (unpaired) electrons. The van der Waals surface area contributed by atoms with Crippen LogP contribution >= 0.6 is 0 Å². The fourth-order valence-corrected chi connectivity index (χ4v) is 11.5. The monoisotopic (exact) mass is 817 g/mol. The summed E-state index contributed by atoms with van der Waals surface area (Å²) in [5.41, 5.74) is 16.5. The summed E-state index contributed by atoms with van der Waals surface area (Å²) < 4.78 is 13.8. The van der Waals surface area contributed by atoms with Gasteiger partial charge in [-0.1, -0.05) is 107 Å². The third kappa shape index (κ3) is 4.63. The first-order valence-corrected chi connectivity index (χ1v) is 22.0. The van der Waals surface area contributed by atoms with Crippen molar-refractivity contribution >= 4 is 109 Å². The van der Waals surface area contributed by atoms with Crippen LogP contribution in [0.2, 0.25) is 0 Å². The maximum absolute atomic E-state index is 7.22. The summed E-state index contributed by atoms with van der Waals surface area (Å²) in [6.45, 7) is 9.16. The number of nitrogens with one attached hydrogen (secondary N) is 2. The van der Waals surface area contributed by atoms with E-state index in [0.29, 0.717) is 5.88 Å². The average Bonchev–Trinajstić information content (AvgIpc) is 4.04. The molecule has 11 heteroatoms. The number of rotatable bonds is 3. The van der Waals surface area contributed by atoms with Crippen LogP contribution in [0.1, 0.15) is 51.7 Å². The van der Waals surface area contributed by atoms with Gasteiger partial charge in [0.1, 0.15) is 23.0 Å². The summed E-state index contributed by atoms with van der Waals surface area (Å²) in [4.78, 5) is 7.03. The molecular formula is C52H41B2N7O2. The number of hydrogen-bond donors (Lipinski definition) is 2. The van der Waals surface area contributed by atoms with E-state index in [4.69, 9.17) is 19.4 Å². The third-order valence-corrected chi connectivity index (χ3v) is 14.7. The van der Waals surface area contributed by atoms with E-state index in [1.165, 1.54) is 16.6 Å². The van der Waals surface area contributed by atoms with Crippen LogP contribution < -0.4 is 52.4 Å². The number of para-hydroxylation sites is 4. The van der Waals surface area contributed by atoms with Crippen LogP contribution in [0.3, 0.4) is 0 Å². The molecule has 0 saturated carbocycles. The minimum absolute atomic E-state index is 0.0265. The normalized spacial score (nSPS) is 16.7. The maximum atomic E-state index is 7.22. The van der Waals surface area contributed by atoms with Crippen LogP contribution in [-0.4, -0.2) is 33.8 Å². The van der Waals surface area contributed by atoms with E-state index >= 15 is 0 Å². The first-order valence-electron chi connectivity index (χ1n) is 22.0. The molecule has 2 N–H and O–H groups in total. The Kier molecular flexibility index (Phi) is 6.80. The highest BCUT2D eigenvalue weighted by atomic mass is 16.5. The van der Waals surface area contributed by atoms with Crippen molar-refractivity contribution < 1.29 is 9.15 Å². The minimum Gasteiger partial charge on any atom is -0.468 e. The summed E-state index contributed by atoms with van der Waals surface area (Å²) >= 11 is 0. The molecule has 0 atom stereocenters. The summed E-state index contributed by atoms with van der Waals surface area (Å²) in [7, 11) is 0. The number of benzene rings is 6. The van der Waals surface area contributed by atoms with Crippen molar-refractivity contribution in [2.75, 3.05) is 14.7 Å². The molecule has 14 rings (SSSR count). The van der Waals surface area contributed by atoms with Gasteiger partial charge >= 0.3 is 6.71 Å². The molecule has 5 aliphatic rings. The molecule has 4 aliphatic heterocycles. The number of fused-ring (bicyclic) bond motifs is 11. The molecule has 302 valence electrons. The summed E-state index contributed by atoms with van der Waals surface area (Å²) in [6, 6.07) is 50.0. The molecule has 9 aromatic rings. The molecule has 0 bridgehead atoms. The van der Waals surface area contributed by atoms with Gasteiger partial charge in [-0.3, -0.25) is 24.9 Å². The highest BCUT2D eigenvalue weighted by Crippen LogP contribution is 2.51. The fourth-order valence-electron chi connectivity index (χ4n) is 11.5. The first kappa shape index (κ1) is 35.2. The summed E-state index contributed by atoms with van der Waals surface area (Å²) in [5, 5.41) is 18.3. The van der Waals surface area contributed by atoms with Gasteiger partial charge in [0, 0.05) is 44.7 Å². The number of aromatic amines is 2. The quantitative estimate of drug-likeness (QED) is 0.173. The average molecular weight is 818 g/mol. The van der Waals surface area contributed by atoms with Crippen LogP contribution in [0.4, 0.5) is 51.6 Å². The maximum Gasteiger partial charge on any atom is 0.301 e. The highest BCUT2D eigenvalue weighted by Gasteiger charge is 2.52. The van der Waals surface area contributed by atoms with Gasteiger partial charge in [-0.2, -0.15) is 5.10 Å². The predicted molar refractivity (Wildman–Crippen MR) is 256 cm³/mol. The number of anilines is 9. The minimum atomic E-state index is -0.272. The smallest absolute Gasteiger partial charge is 0.301 e. The standard InChI is InChI=1S/C52H41B2N7O2/c1-51(2)25-26-52(3,4)35-27-32(23-24-34(35)51)61-45-33-19-11-13-21-41(33)62-46(45)54-38-28-37-39(29-40(38)59(30-15-7-5-8-16-30)47-43(54)48(61)56-55-47)60(31-17-9-6-10-18-31)49-44-50(58-57-49)63-42-22-14-12-20-36(42)53(37)44/h5-24,27-29H,25-26H2,1-4H3,(H,55,56)(H,57,58). The second kappa shape index (κ2) is 12.2. The Morgan fingerprint density at radius 2 is 1.19 bits per heavy atom. The second-order valence-corrected chi connectivity index (χ2v) is 19.1. The van der Waals surface area contributed by atoms with Crippen LogP contribution in [0.15, 0.2) is 144 Å². The van der Waals surface area contributed by atoms with Crippen molar-refractivity contribution in [1.82, 2.24) is 20.4 Å². The first-order chi connectivity index (χ1) is 30.7. The van der Waals surface area contributed by atoms with Gasteiger partial charge in [0.2, 0.25) is 5.88 Å². The number of furan rings is 1. The zero-order valence-electron chi connectivity index (χ0n) is 35.4. The zero-order valence-corrected chi connectivity index (χ0v) is 35.4. The van der Waals surface area contributed by atoms with Crippen LogP contribution in [0.5, 0.6) is 11.6 Å². The van der Waals surface area contributed by atoms with Crippen molar-refractivity contribution in [2.24, 2.45) is 0 Å². The van der Waals surface area contributed by atoms with Gasteiger partial charge in [0.05, 0.1) is 11.3 Å². The number of ether oxygens (including phenoxy) is 1. The van der Waals surface area contributed by atoms with E-state index in [9.17, 15) is 0 Å². The van der Waals surface area contributed by atoms with E-state index in [1.807, 2.05) is 6.07 Å². The molecule has 7 heterocycles. The van der Waals surface area contributed by atoms with Gasteiger partial charge in [-0.05, 0) is 112 Å². The molecule has 1 aliphatic carbocycles. The molecule has 0 unspecified atom stereocenters. The van der Waals surface area contributed by atoms with Crippen molar-refractivity contribution in [3.8, 4) is 11.6 Å². The molecule has 3 aromatic heterocycles. The van der Waals surface area contributed by atoms with E-state index in [1.54, 1.807) is 0 Å². The molecule has 0 saturated heterocycles. The third-order valence-electron chi connectivity index (χ3n) is 14.7. The van der Waals surface area contributed by atoms with Crippen molar-refractivity contribution in [2.45, 2.75) is 51.4 Å². The highest BCUT2D eigenvalue weighted by molar-refractivity contribution is 7.02. The van der Waals surface area contributed by atoms with Gasteiger partial charge in [0.25, 0.3) is 6.71 Å². The van der Waals surface area contributed by atoms with E-state index in [0.717, 1.165) is 109 Å². The zero-order chi connectivity index (χ0) is 41.9. The summed E-state index contributed by atoms with van der Waals surface area (Å²) in [6.07, 6.45) is 2.29. The Balaban J connectivity index is 1.07. The molecule has 0 spiro atoms. The lowest BCUT2D eigenvalue weighted by Gasteiger charge is -2.43. The van der Waals surface area contributed by atoms with Gasteiger partial charge in [0.15, 0.2) is 5.82 Å². The van der Waals surface area contributed by atoms with E-state index in [2.05, 4.69) is 186 Å². The Hall–Kier alpha value is -7.39. The van der Waals surface area contributed by atoms with Crippen LogP contribution in [0.25, 0.3) is 11.0 Å². The SMILES string of the molecule is CC1(C)CCC(C)(C)c2cc(N3c4n[nH]c5c4B(c4cc6c(cc4N5c4ccccc4)N(c4ccccc4)c4[nH]nc5c4B6c4ccccc4O5)c4oc5ccccc5c43)ccc21. The largest absolute Gasteiger partial charge is 0.468 e.